The average Bonchev–Trinajstić information content (AvgIpc) is 2.82. The molecule has 6 nitrogen and oxygen atoms in total. The van der Waals surface area contributed by atoms with Gasteiger partial charge in [-0.25, -0.2) is 0 Å². The Kier molecular flexibility index (Phi) is 4.38. The molecule has 0 atom stereocenters. The number of carbonyl (C=O) groups excluding carboxylic acids is 1. The van der Waals surface area contributed by atoms with Gasteiger partial charge < -0.3 is 5.32 Å². The minimum absolute atomic E-state index is 0.0252. The molecule has 1 heterocycles. The summed E-state index contributed by atoms with van der Waals surface area (Å²) in [5.74, 6) is -0.111. The van der Waals surface area contributed by atoms with Gasteiger partial charge in [-0.15, -0.1) is 0 Å². The van der Waals surface area contributed by atoms with Crippen LogP contribution >= 0.6 is 12.2 Å². The van der Waals surface area contributed by atoms with Crippen LogP contribution in [0.5, 0.6) is 0 Å². The smallest absolute Gasteiger partial charge is 0.276 e. The molecule has 120 valence electrons. The summed E-state index contributed by atoms with van der Waals surface area (Å²) >= 11 is 5.31. The van der Waals surface area contributed by atoms with Crippen molar-refractivity contribution in [3.05, 3.63) is 45.6 Å². The molecule has 1 saturated heterocycles. The summed E-state index contributed by atoms with van der Waals surface area (Å²) in [6, 6.07) is 6.25. The number of non-ortho nitro benzene ring substituents is 1. The van der Waals surface area contributed by atoms with Crippen LogP contribution in [0.2, 0.25) is 0 Å². The number of hydrogen-bond donors (Lipinski definition) is 1. The monoisotopic (exact) mass is 331 g/mol. The van der Waals surface area contributed by atoms with Gasteiger partial charge in [-0.3, -0.25) is 19.8 Å². The van der Waals surface area contributed by atoms with Crippen molar-refractivity contribution in [3.63, 3.8) is 0 Å². The first-order valence-corrected chi connectivity index (χ1v) is 8.08. The van der Waals surface area contributed by atoms with E-state index < -0.39 is 4.92 Å². The second kappa shape index (κ2) is 6.45. The van der Waals surface area contributed by atoms with E-state index >= 15 is 0 Å². The first-order chi connectivity index (χ1) is 11.1. The van der Waals surface area contributed by atoms with Crippen LogP contribution in [0.4, 0.5) is 5.69 Å². The fourth-order valence-electron chi connectivity index (χ4n) is 3.08. The van der Waals surface area contributed by atoms with Crippen molar-refractivity contribution in [2.45, 2.75) is 38.1 Å². The van der Waals surface area contributed by atoms with Crippen molar-refractivity contribution in [1.82, 2.24) is 10.2 Å². The normalized spacial score (nSPS) is 20.9. The van der Waals surface area contributed by atoms with Gasteiger partial charge in [0.2, 0.25) is 0 Å². The SMILES string of the molecule is O=C1C(=Cc2ccc([N+](=O)[O-])cc2)NC(=S)N1C1CCCCC1. The van der Waals surface area contributed by atoms with Gasteiger partial charge in [0.1, 0.15) is 5.70 Å². The Labute approximate surface area is 139 Å². The van der Waals surface area contributed by atoms with Crippen LogP contribution in [0, 0.1) is 10.1 Å². The van der Waals surface area contributed by atoms with Crippen LogP contribution in [-0.4, -0.2) is 26.9 Å². The summed E-state index contributed by atoms with van der Waals surface area (Å²) in [5.41, 5.74) is 1.17. The number of benzene rings is 1. The molecule has 1 N–H and O–H groups in total. The third-order valence-electron chi connectivity index (χ3n) is 4.26. The molecule has 2 fully saturated rings. The largest absolute Gasteiger partial charge is 0.328 e. The summed E-state index contributed by atoms with van der Waals surface area (Å²) in [7, 11) is 0. The highest BCUT2D eigenvalue weighted by Crippen LogP contribution is 2.27. The van der Waals surface area contributed by atoms with Crippen LogP contribution in [0.15, 0.2) is 30.0 Å². The molecular formula is C16H17N3O3S. The fourth-order valence-corrected chi connectivity index (χ4v) is 3.42. The topological polar surface area (TPSA) is 75.5 Å². The number of amides is 1. The Morgan fingerprint density at radius 3 is 2.48 bits per heavy atom. The molecule has 7 heteroatoms. The molecule has 1 amide bonds. The second-order valence-electron chi connectivity index (χ2n) is 5.80. The van der Waals surface area contributed by atoms with E-state index in [-0.39, 0.29) is 17.6 Å². The summed E-state index contributed by atoms with van der Waals surface area (Å²) in [4.78, 5) is 24.5. The molecule has 23 heavy (non-hydrogen) atoms. The van der Waals surface area contributed by atoms with Crippen molar-refractivity contribution in [1.29, 1.82) is 0 Å². The molecule has 1 aliphatic heterocycles. The van der Waals surface area contributed by atoms with E-state index in [1.807, 2.05) is 0 Å². The van der Waals surface area contributed by atoms with Gasteiger partial charge >= 0.3 is 0 Å². The van der Waals surface area contributed by atoms with Gasteiger partial charge in [0, 0.05) is 18.2 Å². The fraction of sp³-hybridized carbons (Fsp3) is 0.375. The van der Waals surface area contributed by atoms with E-state index in [2.05, 4.69) is 5.32 Å². The van der Waals surface area contributed by atoms with Crippen LogP contribution < -0.4 is 5.32 Å². The Balaban J connectivity index is 1.79. The zero-order valence-electron chi connectivity index (χ0n) is 12.5. The predicted molar refractivity (Wildman–Crippen MR) is 90.5 cm³/mol. The van der Waals surface area contributed by atoms with E-state index in [0.717, 1.165) is 31.2 Å². The highest BCUT2D eigenvalue weighted by molar-refractivity contribution is 7.80. The minimum Gasteiger partial charge on any atom is -0.328 e. The van der Waals surface area contributed by atoms with Gasteiger partial charge in [0.05, 0.1) is 4.92 Å². The standard InChI is InChI=1S/C16H17N3O3S/c20-15-14(10-11-6-8-13(9-7-11)19(21)22)17-16(23)18(15)12-4-2-1-3-5-12/h6-10,12H,1-5H2,(H,17,23). The lowest BCUT2D eigenvalue weighted by Gasteiger charge is -2.29. The highest BCUT2D eigenvalue weighted by atomic mass is 32.1. The summed E-state index contributed by atoms with van der Waals surface area (Å²) in [6.45, 7) is 0. The molecule has 1 aromatic rings. The minimum atomic E-state index is -0.449. The van der Waals surface area contributed by atoms with Crippen molar-refractivity contribution < 1.29 is 9.72 Å². The van der Waals surface area contributed by atoms with Gasteiger partial charge in [-0.2, -0.15) is 0 Å². The zero-order chi connectivity index (χ0) is 16.4. The third-order valence-corrected chi connectivity index (χ3v) is 4.56. The molecule has 3 rings (SSSR count). The van der Waals surface area contributed by atoms with E-state index in [4.69, 9.17) is 12.2 Å². The maximum Gasteiger partial charge on any atom is 0.276 e. The number of nitro groups is 1. The Morgan fingerprint density at radius 1 is 1.22 bits per heavy atom. The van der Waals surface area contributed by atoms with Crippen molar-refractivity contribution >= 4 is 35.0 Å². The summed E-state index contributed by atoms with van der Waals surface area (Å²) in [5, 5.41) is 14.1. The molecule has 1 saturated carbocycles. The van der Waals surface area contributed by atoms with E-state index in [0.29, 0.717) is 10.8 Å². The molecule has 0 spiro atoms. The summed E-state index contributed by atoms with van der Waals surface area (Å²) < 4.78 is 0. The third kappa shape index (κ3) is 3.24. The average molecular weight is 331 g/mol. The first kappa shape index (κ1) is 15.6. The molecule has 0 unspecified atom stereocenters. The first-order valence-electron chi connectivity index (χ1n) is 7.67. The van der Waals surface area contributed by atoms with Crippen molar-refractivity contribution in [3.8, 4) is 0 Å². The number of thiocarbonyl (C=S) groups is 1. The van der Waals surface area contributed by atoms with Gasteiger partial charge in [0.15, 0.2) is 5.11 Å². The van der Waals surface area contributed by atoms with Gasteiger partial charge in [-0.1, -0.05) is 19.3 Å². The number of nitrogens with zero attached hydrogens (tertiary/aromatic N) is 2. The van der Waals surface area contributed by atoms with E-state index in [1.165, 1.54) is 18.6 Å². The van der Waals surface area contributed by atoms with Crippen LogP contribution in [-0.2, 0) is 4.79 Å². The maximum atomic E-state index is 12.6. The Bertz CT molecular complexity index is 678. The quantitative estimate of drug-likeness (QED) is 0.399. The Morgan fingerprint density at radius 2 is 1.87 bits per heavy atom. The number of carbonyl (C=O) groups is 1. The number of rotatable bonds is 3. The lowest BCUT2D eigenvalue weighted by atomic mass is 9.94. The molecule has 1 aromatic carbocycles. The van der Waals surface area contributed by atoms with Crippen LogP contribution in [0.3, 0.4) is 0 Å². The zero-order valence-corrected chi connectivity index (χ0v) is 13.3. The number of nitrogens with one attached hydrogen (secondary N) is 1. The van der Waals surface area contributed by atoms with E-state index in [9.17, 15) is 14.9 Å². The summed E-state index contributed by atoms with van der Waals surface area (Å²) in [6.07, 6.45) is 7.11. The highest BCUT2D eigenvalue weighted by Gasteiger charge is 2.36. The van der Waals surface area contributed by atoms with Gasteiger partial charge in [-0.05, 0) is 48.8 Å². The van der Waals surface area contributed by atoms with E-state index in [1.54, 1.807) is 23.1 Å². The molecule has 2 aliphatic rings. The lowest BCUT2D eigenvalue weighted by Crippen LogP contribution is -2.41. The van der Waals surface area contributed by atoms with Crippen molar-refractivity contribution in [2.75, 3.05) is 0 Å². The molecule has 1 aliphatic carbocycles. The van der Waals surface area contributed by atoms with Crippen LogP contribution in [0.1, 0.15) is 37.7 Å². The van der Waals surface area contributed by atoms with Crippen LogP contribution in [0.25, 0.3) is 6.08 Å². The second-order valence-corrected chi connectivity index (χ2v) is 6.19. The predicted octanol–water partition coefficient (Wildman–Crippen LogP) is 2.99. The lowest BCUT2D eigenvalue weighted by molar-refractivity contribution is -0.384. The number of hydrogen-bond acceptors (Lipinski definition) is 4. The van der Waals surface area contributed by atoms with Crippen molar-refractivity contribution in [2.24, 2.45) is 0 Å². The molecular weight excluding hydrogens is 314 g/mol. The molecule has 0 aromatic heterocycles. The van der Waals surface area contributed by atoms with Gasteiger partial charge in [0.25, 0.3) is 11.6 Å². The Hall–Kier alpha value is -2.28. The number of nitro benzene ring substituents is 1. The maximum absolute atomic E-state index is 12.6. The molecule has 0 bridgehead atoms. The molecule has 0 radical (unpaired) electrons.